The number of hydrogen-bond donors (Lipinski definition) is 1. The van der Waals surface area contributed by atoms with Crippen molar-refractivity contribution in [2.45, 2.75) is 25.5 Å². The van der Waals surface area contributed by atoms with Gasteiger partial charge in [-0.05, 0) is 42.5 Å². The molecule has 1 fully saturated rings. The Hall–Kier alpha value is -2.86. The minimum Gasteiger partial charge on any atom is -0.459 e. The van der Waals surface area contributed by atoms with E-state index in [0.29, 0.717) is 18.7 Å². The fraction of sp³-hybridized carbons (Fsp3) is 0.300. The van der Waals surface area contributed by atoms with E-state index in [1.54, 1.807) is 17.0 Å². The molecule has 3 aromatic rings. The summed E-state index contributed by atoms with van der Waals surface area (Å²) in [5.74, 6) is 0.0262. The second-order valence-corrected chi connectivity index (χ2v) is 6.51. The standard InChI is InChI=1S/C20H20N2O4/c23-19-15(11-14-5-1-2-7-17(14)21-19)12-22(13-16-6-3-9-25-16)20(24)18-8-4-10-26-18/h1-2,4-5,7-8,10-11,16H,3,6,9,12-13H2,(H,21,23)/t16-/m0/s1. The van der Waals surface area contributed by atoms with E-state index in [1.165, 1.54) is 6.26 Å². The Morgan fingerprint density at radius 3 is 2.88 bits per heavy atom. The summed E-state index contributed by atoms with van der Waals surface area (Å²) in [7, 11) is 0. The summed E-state index contributed by atoms with van der Waals surface area (Å²) < 4.78 is 10.9. The Labute approximate surface area is 150 Å². The first-order valence-electron chi connectivity index (χ1n) is 8.76. The molecule has 0 radical (unpaired) electrons. The number of nitrogens with one attached hydrogen (secondary N) is 1. The van der Waals surface area contributed by atoms with Crippen LogP contribution in [-0.2, 0) is 11.3 Å². The minimum absolute atomic E-state index is 0.00606. The van der Waals surface area contributed by atoms with Crippen LogP contribution in [0.5, 0.6) is 0 Å². The third-order valence-corrected chi connectivity index (χ3v) is 4.66. The summed E-state index contributed by atoms with van der Waals surface area (Å²) in [6.45, 7) is 1.36. The number of nitrogens with zero attached hydrogens (tertiary/aromatic N) is 1. The quantitative estimate of drug-likeness (QED) is 0.766. The lowest BCUT2D eigenvalue weighted by Crippen LogP contribution is -2.38. The summed E-state index contributed by atoms with van der Waals surface area (Å²) in [4.78, 5) is 29.8. The molecule has 134 valence electrons. The lowest BCUT2D eigenvalue weighted by molar-refractivity contribution is 0.0483. The van der Waals surface area contributed by atoms with Gasteiger partial charge in [0.1, 0.15) is 0 Å². The van der Waals surface area contributed by atoms with Crippen LogP contribution >= 0.6 is 0 Å². The topological polar surface area (TPSA) is 75.5 Å². The molecule has 1 N–H and O–H groups in total. The van der Waals surface area contributed by atoms with E-state index in [1.807, 2.05) is 30.3 Å². The lowest BCUT2D eigenvalue weighted by atomic mass is 10.1. The molecule has 1 aliphatic heterocycles. The molecule has 26 heavy (non-hydrogen) atoms. The first kappa shape index (κ1) is 16.6. The van der Waals surface area contributed by atoms with Crippen LogP contribution in [0.25, 0.3) is 10.9 Å². The number of fused-ring (bicyclic) bond motifs is 1. The molecule has 6 nitrogen and oxygen atoms in total. The molecule has 2 aromatic heterocycles. The van der Waals surface area contributed by atoms with Gasteiger partial charge in [0, 0.05) is 24.2 Å². The molecule has 0 spiro atoms. The zero-order chi connectivity index (χ0) is 17.9. The zero-order valence-electron chi connectivity index (χ0n) is 14.3. The molecule has 1 saturated heterocycles. The predicted octanol–water partition coefficient (Wildman–Crippen LogP) is 2.94. The lowest BCUT2D eigenvalue weighted by Gasteiger charge is -2.24. The number of carbonyl (C=O) groups is 1. The van der Waals surface area contributed by atoms with Crippen LogP contribution in [0.4, 0.5) is 0 Å². The average Bonchev–Trinajstić information content (AvgIpc) is 3.35. The van der Waals surface area contributed by atoms with E-state index in [-0.39, 0.29) is 29.9 Å². The Balaban J connectivity index is 1.64. The number of aromatic amines is 1. The van der Waals surface area contributed by atoms with Crippen LogP contribution in [0.1, 0.15) is 29.0 Å². The van der Waals surface area contributed by atoms with Crippen LogP contribution < -0.4 is 5.56 Å². The van der Waals surface area contributed by atoms with E-state index in [2.05, 4.69) is 4.98 Å². The fourth-order valence-corrected chi connectivity index (χ4v) is 3.33. The van der Waals surface area contributed by atoms with Gasteiger partial charge in [0.25, 0.3) is 11.5 Å². The SMILES string of the molecule is O=C(c1ccco1)N(Cc1cc2ccccc2[nH]c1=O)C[C@@H]1CCCO1. The maximum absolute atomic E-state index is 12.8. The summed E-state index contributed by atoms with van der Waals surface area (Å²) in [6.07, 6.45) is 3.37. The highest BCUT2D eigenvalue weighted by atomic mass is 16.5. The number of hydrogen-bond acceptors (Lipinski definition) is 4. The van der Waals surface area contributed by atoms with Gasteiger partial charge in [0.05, 0.1) is 18.9 Å². The molecule has 0 aliphatic carbocycles. The molecular formula is C20H20N2O4. The number of furan rings is 1. The number of pyridine rings is 1. The largest absolute Gasteiger partial charge is 0.459 e. The van der Waals surface area contributed by atoms with Crippen molar-refractivity contribution in [3.8, 4) is 0 Å². The molecule has 3 heterocycles. The molecular weight excluding hydrogens is 332 g/mol. The van der Waals surface area contributed by atoms with E-state index < -0.39 is 0 Å². The van der Waals surface area contributed by atoms with Gasteiger partial charge in [-0.2, -0.15) is 0 Å². The van der Waals surface area contributed by atoms with Crippen molar-refractivity contribution in [2.75, 3.05) is 13.2 Å². The van der Waals surface area contributed by atoms with Crippen molar-refractivity contribution in [2.24, 2.45) is 0 Å². The van der Waals surface area contributed by atoms with Crippen molar-refractivity contribution in [3.63, 3.8) is 0 Å². The fourth-order valence-electron chi connectivity index (χ4n) is 3.33. The molecule has 1 atom stereocenters. The van der Waals surface area contributed by atoms with Gasteiger partial charge in [-0.1, -0.05) is 18.2 Å². The number of rotatable bonds is 5. The van der Waals surface area contributed by atoms with E-state index >= 15 is 0 Å². The minimum atomic E-state index is -0.238. The van der Waals surface area contributed by atoms with Crippen LogP contribution in [0.3, 0.4) is 0 Å². The van der Waals surface area contributed by atoms with Crippen LogP contribution in [0, 0.1) is 0 Å². The second-order valence-electron chi connectivity index (χ2n) is 6.51. The van der Waals surface area contributed by atoms with E-state index in [9.17, 15) is 9.59 Å². The Morgan fingerprint density at radius 2 is 2.12 bits per heavy atom. The number of para-hydroxylation sites is 1. The normalized spacial score (nSPS) is 16.8. The van der Waals surface area contributed by atoms with Crippen molar-refractivity contribution in [1.29, 1.82) is 0 Å². The van der Waals surface area contributed by atoms with E-state index in [0.717, 1.165) is 23.7 Å². The molecule has 1 aromatic carbocycles. The Kier molecular flexibility index (Phi) is 4.58. The highest BCUT2D eigenvalue weighted by Crippen LogP contribution is 2.18. The van der Waals surface area contributed by atoms with Gasteiger partial charge in [-0.15, -0.1) is 0 Å². The zero-order valence-corrected chi connectivity index (χ0v) is 14.3. The van der Waals surface area contributed by atoms with Crippen molar-refractivity contribution < 1.29 is 13.9 Å². The van der Waals surface area contributed by atoms with Crippen molar-refractivity contribution in [1.82, 2.24) is 9.88 Å². The Bertz CT molecular complexity index is 955. The van der Waals surface area contributed by atoms with Crippen molar-refractivity contribution >= 4 is 16.8 Å². The molecule has 6 heteroatoms. The van der Waals surface area contributed by atoms with Gasteiger partial charge in [-0.3, -0.25) is 9.59 Å². The van der Waals surface area contributed by atoms with Gasteiger partial charge in [0.2, 0.25) is 0 Å². The highest BCUT2D eigenvalue weighted by Gasteiger charge is 2.25. The Morgan fingerprint density at radius 1 is 1.23 bits per heavy atom. The molecule has 1 amide bonds. The third kappa shape index (κ3) is 3.41. The number of aromatic nitrogens is 1. The summed E-state index contributed by atoms with van der Waals surface area (Å²) >= 11 is 0. The van der Waals surface area contributed by atoms with Crippen LogP contribution in [0.2, 0.25) is 0 Å². The molecule has 0 unspecified atom stereocenters. The van der Waals surface area contributed by atoms with Gasteiger partial charge in [0.15, 0.2) is 5.76 Å². The maximum atomic E-state index is 12.8. The molecule has 1 aliphatic rings. The van der Waals surface area contributed by atoms with Crippen LogP contribution in [-0.4, -0.2) is 35.0 Å². The van der Waals surface area contributed by atoms with Crippen LogP contribution in [0.15, 0.2) is 57.9 Å². The van der Waals surface area contributed by atoms with Gasteiger partial charge < -0.3 is 19.0 Å². The summed E-state index contributed by atoms with van der Waals surface area (Å²) in [5, 5.41) is 0.935. The maximum Gasteiger partial charge on any atom is 0.289 e. The highest BCUT2D eigenvalue weighted by molar-refractivity contribution is 5.91. The predicted molar refractivity (Wildman–Crippen MR) is 97.0 cm³/mol. The molecule has 0 saturated carbocycles. The summed E-state index contributed by atoms with van der Waals surface area (Å²) in [5.41, 5.74) is 1.14. The smallest absolute Gasteiger partial charge is 0.289 e. The first-order valence-corrected chi connectivity index (χ1v) is 8.76. The number of carbonyl (C=O) groups excluding carboxylic acids is 1. The van der Waals surface area contributed by atoms with E-state index in [4.69, 9.17) is 9.15 Å². The second kappa shape index (κ2) is 7.17. The number of ether oxygens (including phenoxy) is 1. The van der Waals surface area contributed by atoms with Gasteiger partial charge in [-0.25, -0.2) is 0 Å². The molecule has 0 bridgehead atoms. The monoisotopic (exact) mass is 352 g/mol. The summed E-state index contributed by atoms with van der Waals surface area (Å²) in [6, 6.07) is 12.7. The average molecular weight is 352 g/mol. The third-order valence-electron chi connectivity index (χ3n) is 4.66. The number of benzene rings is 1. The first-order chi connectivity index (χ1) is 12.7. The van der Waals surface area contributed by atoms with Gasteiger partial charge >= 0.3 is 0 Å². The number of H-pyrrole nitrogens is 1. The molecule has 4 rings (SSSR count). The van der Waals surface area contributed by atoms with Crippen molar-refractivity contribution in [3.05, 3.63) is 70.4 Å². The number of amides is 1.